The molecule has 80 valence electrons. The zero-order valence-corrected chi connectivity index (χ0v) is 9.23. The van der Waals surface area contributed by atoms with E-state index >= 15 is 0 Å². The van der Waals surface area contributed by atoms with Crippen molar-refractivity contribution in [2.45, 2.75) is 19.8 Å². The number of aryl methyl sites for hydroxylation is 1. The Hall–Kier alpha value is -1.51. The first-order chi connectivity index (χ1) is 7.31. The van der Waals surface area contributed by atoms with Crippen molar-refractivity contribution in [1.82, 2.24) is 9.55 Å². The Morgan fingerprint density at radius 3 is 3.07 bits per heavy atom. The summed E-state index contributed by atoms with van der Waals surface area (Å²) in [5.74, 6) is 0.930. The van der Waals surface area contributed by atoms with Gasteiger partial charge in [-0.3, -0.25) is 0 Å². The van der Waals surface area contributed by atoms with E-state index in [9.17, 15) is 0 Å². The van der Waals surface area contributed by atoms with Crippen LogP contribution < -0.4 is 4.74 Å². The van der Waals surface area contributed by atoms with Crippen molar-refractivity contribution in [3.63, 3.8) is 0 Å². The van der Waals surface area contributed by atoms with Crippen LogP contribution in [0.1, 0.15) is 19.8 Å². The summed E-state index contributed by atoms with van der Waals surface area (Å²) < 4.78 is 7.64. The third-order valence-electron chi connectivity index (χ3n) is 2.46. The first-order valence-corrected chi connectivity index (χ1v) is 5.35. The van der Waals surface area contributed by atoms with E-state index in [1.54, 1.807) is 0 Å². The van der Waals surface area contributed by atoms with Crippen LogP contribution in [0.2, 0.25) is 0 Å². The number of unbranched alkanes of at least 4 members (excludes halogenated alkanes) is 1. The molecule has 0 aliphatic rings. The van der Waals surface area contributed by atoms with Crippen molar-refractivity contribution in [2.24, 2.45) is 7.05 Å². The Morgan fingerprint density at radius 1 is 1.40 bits per heavy atom. The summed E-state index contributed by atoms with van der Waals surface area (Å²) in [5.41, 5.74) is 2.13. The average Bonchev–Trinajstić information content (AvgIpc) is 2.61. The highest BCUT2D eigenvalue weighted by Gasteiger charge is 2.01. The van der Waals surface area contributed by atoms with Gasteiger partial charge in [0.25, 0.3) is 0 Å². The molecular formula is C12H16N2O. The molecule has 0 saturated carbocycles. The number of rotatable bonds is 4. The van der Waals surface area contributed by atoms with Crippen LogP contribution in [0.3, 0.4) is 0 Å². The van der Waals surface area contributed by atoms with Crippen molar-refractivity contribution < 1.29 is 4.74 Å². The second-order valence-corrected chi connectivity index (χ2v) is 3.71. The van der Waals surface area contributed by atoms with Gasteiger partial charge in [0.2, 0.25) is 0 Å². The second-order valence-electron chi connectivity index (χ2n) is 3.71. The summed E-state index contributed by atoms with van der Waals surface area (Å²) in [5, 5.41) is 0. The summed E-state index contributed by atoms with van der Waals surface area (Å²) in [6, 6.07) is 6.01. The van der Waals surface area contributed by atoms with E-state index in [-0.39, 0.29) is 0 Å². The third-order valence-corrected chi connectivity index (χ3v) is 2.46. The minimum Gasteiger partial charge on any atom is -0.494 e. The van der Waals surface area contributed by atoms with Crippen molar-refractivity contribution in [3.05, 3.63) is 24.5 Å². The number of hydrogen-bond acceptors (Lipinski definition) is 2. The normalized spacial score (nSPS) is 10.8. The molecule has 0 spiro atoms. The summed E-state index contributed by atoms with van der Waals surface area (Å²) >= 11 is 0. The molecule has 0 fully saturated rings. The van der Waals surface area contributed by atoms with Crippen LogP contribution in [-0.2, 0) is 7.05 Å². The average molecular weight is 204 g/mol. The summed E-state index contributed by atoms with van der Waals surface area (Å²) in [6.07, 6.45) is 4.08. The molecule has 3 heteroatoms. The van der Waals surface area contributed by atoms with E-state index < -0.39 is 0 Å². The molecule has 1 aromatic heterocycles. The topological polar surface area (TPSA) is 27.1 Å². The van der Waals surface area contributed by atoms with Crippen LogP contribution in [0, 0.1) is 0 Å². The molecule has 0 unspecified atom stereocenters. The highest BCUT2D eigenvalue weighted by Crippen LogP contribution is 2.19. The highest BCUT2D eigenvalue weighted by molar-refractivity contribution is 5.76. The van der Waals surface area contributed by atoms with E-state index in [1.165, 1.54) is 0 Å². The molecule has 0 bridgehead atoms. The van der Waals surface area contributed by atoms with Gasteiger partial charge in [-0.2, -0.15) is 0 Å². The molecule has 0 radical (unpaired) electrons. The molecule has 1 heterocycles. The Bertz CT molecular complexity index is 448. The zero-order chi connectivity index (χ0) is 10.7. The van der Waals surface area contributed by atoms with Crippen LogP contribution in [0.5, 0.6) is 5.75 Å². The fourth-order valence-corrected chi connectivity index (χ4v) is 1.53. The molecule has 2 rings (SSSR count). The second kappa shape index (κ2) is 4.34. The number of nitrogens with zero attached hydrogens (tertiary/aromatic N) is 2. The van der Waals surface area contributed by atoms with E-state index in [4.69, 9.17) is 4.74 Å². The molecule has 0 N–H and O–H groups in total. The molecule has 0 amide bonds. The van der Waals surface area contributed by atoms with E-state index in [1.807, 2.05) is 36.1 Å². The van der Waals surface area contributed by atoms with Crippen LogP contribution >= 0.6 is 0 Å². The standard InChI is InChI=1S/C12H16N2O/c1-3-4-7-15-10-5-6-11-12(8-10)14(2)9-13-11/h5-6,8-9H,3-4,7H2,1-2H3. The van der Waals surface area contributed by atoms with Crippen molar-refractivity contribution >= 4 is 11.0 Å². The molecule has 0 saturated heterocycles. The van der Waals surface area contributed by atoms with Crippen LogP contribution in [-0.4, -0.2) is 16.2 Å². The van der Waals surface area contributed by atoms with Gasteiger partial charge in [-0.15, -0.1) is 0 Å². The smallest absolute Gasteiger partial charge is 0.121 e. The van der Waals surface area contributed by atoms with E-state index in [2.05, 4.69) is 11.9 Å². The predicted molar refractivity (Wildman–Crippen MR) is 61.1 cm³/mol. The molecule has 1 aromatic carbocycles. The summed E-state index contributed by atoms with van der Waals surface area (Å²) in [7, 11) is 1.99. The van der Waals surface area contributed by atoms with Crippen molar-refractivity contribution in [1.29, 1.82) is 0 Å². The summed E-state index contributed by atoms with van der Waals surface area (Å²) in [6.45, 7) is 2.95. The molecular weight excluding hydrogens is 188 g/mol. The lowest BCUT2D eigenvalue weighted by molar-refractivity contribution is 0.309. The Labute approximate surface area is 89.7 Å². The van der Waals surface area contributed by atoms with E-state index in [0.29, 0.717) is 0 Å². The lowest BCUT2D eigenvalue weighted by Gasteiger charge is -2.05. The quantitative estimate of drug-likeness (QED) is 0.716. The molecule has 2 aromatic rings. The molecule has 3 nitrogen and oxygen atoms in total. The molecule has 0 aliphatic carbocycles. The number of ether oxygens (including phenoxy) is 1. The van der Waals surface area contributed by atoms with Gasteiger partial charge in [0.15, 0.2) is 0 Å². The third kappa shape index (κ3) is 2.12. The van der Waals surface area contributed by atoms with Crippen LogP contribution in [0.25, 0.3) is 11.0 Å². The maximum absolute atomic E-state index is 5.64. The Morgan fingerprint density at radius 2 is 2.27 bits per heavy atom. The minimum atomic E-state index is 0.792. The molecule has 15 heavy (non-hydrogen) atoms. The number of hydrogen-bond donors (Lipinski definition) is 0. The number of fused-ring (bicyclic) bond motifs is 1. The number of imidazole rings is 1. The predicted octanol–water partition coefficient (Wildman–Crippen LogP) is 2.75. The lowest BCUT2D eigenvalue weighted by Crippen LogP contribution is -1.96. The molecule has 0 atom stereocenters. The van der Waals surface area contributed by atoms with Crippen molar-refractivity contribution in [3.8, 4) is 5.75 Å². The maximum atomic E-state index is 5.64. The SMILES string of the molecule is CCCCOc1ccc2ncn(C)c2c1. The van der Waals surface area contributed by atoms with Gasteiger partial charge in [-0.05, 0) is 18.6 Å². The lowest BCUT2D eigenvalue weighted by atomic mass is 10.3. The van der Waals surface area contributed by atoms with Gasteiger partial charge < -0.3 is 9.30 Å². The fourth-order valence-electron chi connectivity index (χ4n) is 1.53. The highest BCUT2D eigenvalue weighted by atomic mass is 16.5. The van der Waals surface area contributed by atoms with Crippen LogP contribution in [0.15, 0.2) is 24.5 Å². The number of benzene rings is 1. The van der Waals surface area contributed by atoms with Gasteiger partial charge >= 0.3 is 0 Å². The van der Waals surface area contributed by atoms with E-state index in [0.717, 1.165) is 36.2 Å². The monoisotopic (exact) mass is 204 g/mol. The first kappa shape index (κ1) is 10.0. The first-order valence-electron chi connectivity index (χ1n) is 5.35. The molecule has 0 aliphatic heterocycles. The van der Waals surface area contributed by atoms with Gasteiger partial charge in [0.1, 0.15) is 5.75 Å². The summed E-state index contributed by atoms with van der Waals surface area (Å²) in [4.78, 5) is 4.26. The largest absolute Gasteiger partial charge is 0.494 e. The van der Waals surface area contributed by atoms with Gasteiger partial charge in [-0.1, -0.05) is 13.3 Å². The Balaban J connectivity index is 2.18. The zero-order valence-electron chi connectivity index (χ0n) is 9.23. The Kier molecular flexibility index (Phi) is 2.90. The van der Waals surface area contributed by atoms with Gasteiger partial charge in [0, 0.05) is 13.1 Å². The van der Waals surface area contributed by atoms with Crippen LogP contribution in [0.4, 0.5) is 0 Å². The maximum Gasteiger partial charge on any atom is 0.121 e. The minimum absolute atomic E-state index is 0.792. The van der Waals surface area contributed by atoms with Gasteiger partial charge in [0.05, 0.1) is 24.0 Å². The fraction of sp³-hybridized carbons (Fsp3) is 0.417. The van der Waals surface area contributed by atoms with Crippen molar-refractivity contribution in [2.75, 3.05) is 6.61 Å². The number of aromatic nitrogens is 2. The van der Waals surface area contributed by atoms with Gasteiger partial charge in [-0.25, -0.2) is 4.98 Å².